The highest BCUT2D eigenvalue weighted by atomic mass is 16.5. The topological polar surface area (TPSA) is 47.3 Å². The quantitative estimate of drug-likeness (QED) is 0.776. The second-order valence-electron chi connectivity index (χ2n) is 5.24. The zero-order valence-electron chi connectivity index (χ0n) is 11.8. The summed E-state index contributed by atoms with van der Waals surface area (Å²) in [6, 6.07) is 14.1. The van der Waals surface area contributed by atoms with Gasteiger partial charge in [0, 0.05) is 18.3 Å². The maximum absolute atomic E-state index is 5.97. The van der Waals surface area contributed by atoms with Crippen LogP contribution in [0, 0.1) is 0 Å². The maximum Gasteiger partial charge on any atom is 0.203 e. The molecule has 4 nitrogen and oxygen atoms in total. The highest BCUT2D eigenvalue weighted by molar-refractivity contribution is 5.74. The van der Waals surface area contributed by atoms with E-state index >= 15 is 0 Å². The molecule has 1 aliphatic heterocycles. The van der Waals surface area contributed by atoms with Crippen LogP contribution in [-0.2, 0) is 0 Å². The predicted molar refractivity (Wildman–Crippen MR) is 82.0 cm³/mol. The summed E-state index contributed by atoms with van der Waals surface area (Å²) in [5.74, 6) is 1.79. The van der Waals surface area contributed by atoms with Gasteiger partial charge >= 0.3 is 0 Å². The van der Waals surface area contributed by atoms with Crippen LogP contribution in [0.5, 0.6) is 5.75 Å². The minimum Gasteiger partial charge on any atom is -0.497 e. The van der Waals surface area contributed by atoms with Gasteiger partial charge in [-0.25, -0.2) is 4.98 Å². The normalized spacial score (nSPS) is 17.3. The molecule has 4 heteroatoms. The Balaban J connectivity index is 1.80. The van der Waals surface area contributed by atoms with Crippen molar-refractivity contribution >= 4 is 16.8 Å². The van der Waals surface area contributed by atoms with Crippen LogP contribution in [-0.4, -0.2) is 18.6 Å². The lowest BCUT2D eigenvalue weighted by atomic mass is 9.91. The van der Waals surface area contributed by atoms with Gasteiger partial charge in [-0.1, -0.05) is 18.2 Å². The molecule has 21 heavy (non-hydrogen) atoms. The Kier molecular flexibility index (Phi) is 2.81. The summed E-state index contributed by atoms with van der Waals surface area (Å²) in [5.41, 5.74) is 4.08. The number of ether oxygens (including phenoxy) is 1. The van der Waals surface area contributed by atoms with E-state index in [1.54, 1.807) is 7.11 Å². The molecule has 0 bridgehead atoms. The number of rotatable bonds is 2. The van der Waals surface area contributed by atoms with Gasteiger partial charge in [0.15, 0.2) is 5.58 Å². The number of aromatic nitrogens is 1. The number of para-hydroxylation sites is 1. The van der Waals surface area contributed by atoms with Gasteiger partial charge in [0.2, 0.25) is 5.89 Å². The third-order valence-corrected chi connectivity index (χ3v) is 3.99. The Morgan fingerprint density at radius 3 is 3.05 bits per heavy atom. The van der Waals surface area contributed by atoms with Crippen molar-refractivity contribution in [3.63, 3.8) is 0 Å². The van der Waals surface area contributed by atoms with E-state index in [1.807, 2.05) is 24.3 Å². The summed E-state index contributed by atoms with van der Waals surface area (Å²) in [7, 11) is 1.66. The van der Waals surface area contributed by atoms with Crippen molar-refractivity contribution in [2.45, 2.75) is 12.3 Å². The van der Waals surface area contributed by atoms with Crippen LogP contribution in [0.2, 0.25) is 0 Å². The monoisotopic (exact) mass is 280 g/mol. The van der Waals surface area contributed by atoms with Crippen molar-refractivity contribution in [1.82, 2.24) is 4.98 Å². The number of hydrogen-bond donors (Lipinski definition) is 1. The average Bonchev–Trinajstić information content (AvgIpc) is 2.97. The fourth-order valence-corrected chi connectivity index (χ4v) is 2.93. The first-order valence-corrected chi connectivity index (χ1v) is 7.12. The lowest BCUT2D eigenvalue weighted by Gasteiger charge is -2.24. The van der Waals surface area contributed by atoms with Gasteiger partial charge in [-0.15, -0.1) is 0 Å². The summed E-state index contributed by atoms with van der Waals surface area (Å²) in [6.45, 7) is 0.934. The number of fused-ring (bicyclic) bond motifs is 2. The second kappa shape index (κ2) is 4.81. The molecule has 1 N–H and O–H groups in total. The molecule has 0 amide bonds. The van der Waals surface area contributed by atoms with Crippen LogP contribution in [0.4, 0.5) is 5.69 Å². The summed E-state index contributed by atoms with van der Waals surface area (Å²) >= 11 is 0. The predicted octanol–water partition coefficient (Wildman–Crippen LogP) is 3.78. The summed E-state index contributed by atoms with van der Waals surface area (Å²) < 4.78 is 11.2. The van der Waals surface area contributed by atoms with Gasteiger partial charge < -0.3 is 14.5 Å². The number of nitrogens with one attached hydrogen (secondary N) is 1. The molecule has 1 aliphatic rings. The van der Waals surface area contributed by atoms with E-state index < -0.39 is 0 Å². The molecular weight excluding hydrogens is 264 g/mol. The molecule has 1 unspecified atom stereocenters. The number of methoxy groups -OCH3 is 1. The van der Waals surface area contributed by atoms with E-state index in [9.17, 15) is 0 Å². The fraction of sp³-hybridized carbons (Fsp3) is 0.235. The number of nitrogens with zero attached hydrogens (tertiary/aromatic N) is 1. The maximum atomic E-state index is 5.97. The van der Waals surface area contributed by atoms with Crippen LogP contribution >= 0.6 is 0 Å². The van der Waals surface area contributed by atoms with Crippen molar-refractivity contribution in [3.05, 3.63) is 53.9 Å². The molecule has 0 saturated carbocycles. The van der Waals surface area contributed by atoms with E-state index in [4.69, 9.17) is 9.15 Å². The molecular formula is C17H16N2O2. The molecule has 3 aromatic rings. The van der Waals surface area contributed by atoms with Crippen LogP contribution < -0.4 is 10.1 Å². The first-order chi connectivity index (χ1) is 10.3. The minimum absolute atomic E-state index is 0.209. The van der Waals surface area contributed by atoms with Gasteiger partial charge in [0.1, 0.15) is 11.3 Å². The number of benzene rings is 2. The molecule has 1 atom stereocenters. The van der Waals surface area contributed by atoms with Crippen LogP contribution in [0.25, 0.3) is 11.1 Å². The molecule has 0 aliphatic carbocycles. The van der Waals surface area contributed by atoms with Crippen LogP contribution in [0.15, 0.2) is 46.9 Å². The number of oxazole rings is 1. The Bertz CT molecular complexity index is 794. The lowest BCUT2D eigenvalue weighted by molar-refractivity contribution is 0.415. The van der Waals surface area contributed by atoms with E-state index in [2.05, 4.69) is 28.5 Å². The highest BCUT2D eigenvalue weighted by Gasteiger charge is 2.25. The van der Waals surface area contributed by atoms with Gasteiger partial charge in [0.05, 0.1) is 13.0 Å². The second-order valence-corrected chi connectivity index (χ2v) is 5.24. The van der Waals surface area contributed by atoms with Gasteiger partial charge in [-0.2, -0.15) is 0 Å². The van der Waals surface area contributed by atoms with Crippen molar-refractivity contribution in [2.75, 3.05) is 19.0 Å². The SMILES string of the molecule is COc1ccc2oc(C3CCNc4ccccc43)nc2c1. The van der Waals surface area contributed by atoms with Crippen LogP contribution in [0.1, 0.15) is 23.8 Å². The molecule has 0 fully saturated rings. The molecule has 0 spiro atoms. The summed E-state index contributed by atoms with van der Waals surface area (Å²) in [5, 5.41) is 3.42. The van der Waals surface area contributed by atoms with E-state index in [-0.39, 0.29) is 5.92 Å². The standard InChI is InChI=1S/C17H16N2O2/c1-20-11-6-7-16-15(10-11)19-17(21-16)13-8-9-18-14-5-3-2-4-12(13)14/h2-7,10,13,18H,8-9H2,1H3. The van der Waals surface area contributed by atoms with Crippen molar-refractivity contribution in [2.24, 2.45) is 0 Å². The first-order valence-electron chi connectivity index (χ1n) is 7.12. The first kappa shape index (κ1) is 12.3. The number of hydrogen-bond acceptors (Lipinski definition) is 4. The molecule has 2 aromatic carbocycles. The highest BCUT2D eigenvalue weighted by Crippen LogP contribution is 2.37. The molecule has 106 valence electrons. The van der Waals surface area contributed by atoms with Crippen molar-refractivity contribution < 1.29 is 9.15 Å². The van der Waals surface area contributed by atoms with Crippen LogP contribution in [0.3, 0.4) is 0 Å². The Morgan fingerprint density at radius 2 is 2.14 bits per heavy atom. The van der Waals surface area contributed by atoms with E-state index in [0.29, 0.717) is 0 Å². The van der Waals surface area contributed by atoms with Crippen molar-refractivity contribution in [1.29, 1.82) is 0 Å². The van der Waals surface area contributed by atoms with Crippen molar-refractivity contribution in [3.8, 4) is 5.75 Å². The lowest BCUT2D eigenvalue weighted by Crippen LogP contribution is -2.17. The Morgan fingerprint density at radius 1 is 1.24 bits per heavy atom. The molecule has 2 heterocycles. The van der Waals surface area contributed by atoms with Gasteiger partial charge in [0.25, 0.3) is 0 Å². The summed E-state index contributed by atoms with van der Waals surface area (Å²) in [6.07, 6.45) is 0.987. The third-order valence-electron chi connectivity index (χ3n) is 3.99. The van der Waals surface area contributed by atoms with E-state index in [0.717, 1.165) is 35.7 Å². The number of anilines is 1. The fourth-order valence-electron chi connectivity index (χ4n) is 2.93. The Labute approximate surface area is 122 Å². The summed E-state index contributed by atoms with van der Waals surface area (Å²) in [4.78, 5) is 4.67. The zero-order chi connectivity index (χ0) is 14.2. The van der Waals surface area contributed by atoms with Gasteiger partial charge in [-0.3, -0.25) is 0 Å². The largest absolute Gasteiger partial charge is 0.497 e. The average molecular weight is 280 g/mol. The smallest absolute Gasteiger partial charge is 0.203 e. The molecule has 1 aromatic heterocycles. The zero-order valence-corrected chi connectivity index (χ0v) is 11.8. The minimum atomic E-state index is 0.209. The molecule has 0 saturated heterocycles. The Hall–Kier alpha value is -2.49. The van der Waals surface area contributed by atoms with E-state index in [1.165, 1.54) is 11.3 Å². The third kappa shape index (κ3) is 2.03. The van der Waals surface area contributed by atoms with Gasteiger partial charge in [-0.05, 0) is 30.2 Å². The molecule has 0 radical (unpaired) electrons. The molecule has 4 rings (SSSR count).